The lowest BCUT2D eigenvalue weighted by molar-refractivity contribution is 0.0922. The van der Waals surface area contributed by atoms with Crippen LogP contribution in [0.25, 0.3) is 11.5 Å². The molecule has 2 aromatic rings. The van der Waals surface area contributed by atoms with Crippen LogP contribution >= 0.6 is 0 Å². The summed E-state index contributed by atoms with van der Waals surface area (Å²) in [6.45, 7) is 5.32. The molecule has 0 aromatic carbocycles. The van der Waals surface area contributed by atoms with Crippen LogP contribution in [0.4, 0.5) is 0 Å². The van der Waals surface area contributed by atoms with Crippen molar-refractivity contribution < 1.29 is 9.21 Å². The first-order chi connectivity index (χ1) is 9.99. The van der Waals surface area contributed by atoms with Crippen molar-refractivity contribution in [1.29, 1.82) is 5.26 Å². The lowest BCUT2D eigenvalue weighted by atomic mass is 10.00. The van der Waals surface area contributed by atoms with Crippen molar-refractivity contribution in [3.8, 4) is 17.5 Å². The van der Waals surface area contributed by atoms with Crippen LogP contribution in [-0.2, 0) is 0 Å². The standard InChI is InChI=1S/C16H17N3O2/c1-4-16(3,10-17)19-15(20)12-7-8-13(18-11(12)2)14-6-5-9-21-14/h5-9H,4H2,1-3H3,(H,19,20)/t16-/m0/s1. The predicted molar refractivity (Wildman–Crippen MR) is 78.5 cm³/mol. The van der Waals surface area contributed by atoms with Gasteiger partial charge < -0.3 is 9.73 Å². The monoisotopic (exact) mass is 283 g/mol. The number of nitrogens with zero attached hydrogens (tertiary/aromatic N) is 2. The highest BCUT2D eigenvalue weighted by Gasteiger charge is 2.25. The number of aryl methyl sites for hydroxylation is 1. The molecule has 108 valence electrons. The van der Waals surface area contributed by atoms with Crippen LogP contribution in [0, 0.1) is 18.3 Å². The maximum atomic E-state index is 12.3. The zero-order chi connectivity index (χ0) is 15.5. The number of hydrogen-bond acceptors (Lipinski definition) is 4. The number of carbonyl (C=O) groups excluding carboxylic acids is 1. The number of nitriles is 1. The van der Waals surface area contributed by atoms with E-state index in [0.29, 0.717) is 29.1 Å². The fourth-order valence-electron chi connectivity index (χ4n) is 1.88. The second-order valence-corrected chi connectivity index (χ2v) is 5.06. The topological polar surface area (TPSA) is 78.9 Å². The Morgan fingerprint density at radius 1 is 1.48 bits per heavy atom. The van der Waals surface area contributed by atoms with Gasteiger partial charge in [0.2, 0.25) is 0 Å². The molecule has 0 aliphatic heterocycles. The third-order valence-electron chi connectivity index (χ3n) is 3.45. The van der Waals surface area contributed by atoms with Gasteiger partial charge in [-0.2, -0.15) is 5.26 Å². The molecule has 2 aromatic heterocycles. The van der Waals surface area contributed by atoms with E-state index in [1.807, 2.05) is 13.0 Å². The fourth-order valence-corrected chi connectivity index (χ4v) is 1.88. The molecule has 1 N–H and O–H groups in total. The van der Waals surface area contributed by atoms with E-state index in [1.165, 1.54) is 0 Å². The molecule has 1 amide bonds. The lowest BCUT2D eigenvalue weighted by Crippen LogP contribution is -2.44. The van der Waals surface area contributed by atoms with Crippen LogP contribution in [0.1, 0.15) is 36.3 Å². The van der Waals surface area contributed by atoms with Gasteiger partial charge >= 0.3 is 0 Å². The van der Waals surface area contributed by atoms with Gasteiger partial charge in [0.05, 0.1) is 23.6 Å². The Bertz CT molecular complexity index is 686. The molecule has 0 fully saturated rings. The Balaban J connectivity index is 2.26. The second-order valence-electron chi connectivity index (χ2n) is 5.06. The summed E-state index contributed by atoms with van der Waals surface area (Å²) in [4.78, 5) is 16.7. The molecule has 0 aliphatic rings. The Kier molecular flexibility index (Phi) is 4.08. The van der Waals surface area contributed by atoms with E-state index >= 15 is 0 Å². The Morgan fingerprint density at radius 2 is 2.24 bits per heavy atom. The average molecular weight is 283 g/mol. The fraction of sp³-hybridized carbons (Fsp3) is 0.312. The maximum Gasteiger partial charge on any atom is 0.254 e. The van der Waals surface area contributed by atoms with Crippen molar-refractivity contribution in [3.63, 3.8) is 0 Å². The smallest absolute Gasteiger partial charge is 0.254 e. The highest BCUT2D eigenvalue weighted by Crippen LogP contribution is 2.20. The van der Waals surface area contributed by atoms with Crippen LogP contribution in [0.2, 0.25) is 0 Å². The molecular formula is C16H17N3O2. The molecule has 2 rings (SSSR count). The van der Waals surface area contributed by atoms with Crippen molar-refractivity contribution in [2.45, 2.75) is 32.7 Å². The molecule has 5 heteroatoms. The minimum Gasteiger partial charge on any atom is -0.463 e. The molecular weight excluding hydrogens is 266 g/mol. The molecule has 0 unspecified atom stereocenters. The first kappa shape index (κ1) is 14.8. The normalized spacial score (nSPS) is 13.2. The summed E-state index contributed by atoms with van der Waals surface area (Å²) in [7, 11) is 0. The third-order valence-corrected chi connectivity index (χ3v) is 3.45. The number of aromatic nitrogens is 1. The van der Waals surface area contributed by atoms with Crippen molar-refractivity contribution in [1.82, 2.24) is 10.3 Å². The van der Waals surface area contributed by atoms with Crippen LogP contribution in [0.5, 0.6) is 0 Å². The number of pyridine rings is 1. The summed E-state index contributed by atoms with van der Waals surface area (Å²) in [5, 5.41) is 11.9. The number of nitrogens with one attached hydrogen (secondary N) is 1. The molecule has 0 saturated carbocycles. The van der Waals surface area contributed by atoms with Crippen molar-refractivity contribution in [2.24, 2.45) is 0 Å². The highest BCUT2D eigenvalue weighted by atomic mass is 16.3. The van der Waals surface area contributed by atoms with E-state index in [2.05, 4.69) is 16.4 Å². The van der Waals surface area contributed by atoms with Crippen LogP contribution < -0.4 is 5.32 Å². The molecule has 0 aliphatic carbocycles. The summed E-state index contributed by atoms with van der Waals surface area (Å²) in [5.41, 5.74) is 0.856. The molecule has 0 spiro atoms. The van der Waals surface area contributed by atoms with E-state index in [-0.39, 0.29) is 5.91 Å². The second kappa shape index (κ2) is 5.80. The van der Waals surface area contributed by atoms with Crippen molar-refractivity contribution in [2.75, 3.05) is 0 Å². The van der Waals surface area contributed by atoms with Crippen LogP contribution in [-0.4, -0.2) is 16.4 Å². The zero-order valence-corrected chi connectivity index (χ0v) is 12.3. The van der Waals surface area contributed by atoms with Crippen LogP contribution in [0.3, 0.4) is 0 Å². The van der Waals surface area contributed by atoms with Gasteiger partial charge in [-0.15, -0.1) is 0 Å². The molecule has 0 saturated heterocycles. The SMILES string of the molecule is CC[C@@](C)(C#N)NC(=O)c1ccc(-c2ccco2)nc1C. The van der Waals surface area contributed by atoms with E-state index in [4.69, 9.17) is 9.68 Å². The molecule has 0 radical (unpaired) electrons. The van der Waals surface area contributed by atoms with Crippen LogP contribution in [0.15, 0.2) is 34.9 Å². The predicted octanol–water partition coefficient (Wildman–Crippen LogP) is 3.07. The number of hydrogen-bond donors (Lipinski definition) is 1. The van der Waals surface area contributed by atoms with E-state index in [0.717, 1.165) is 0 Å². The largest absolute Gasteiger partial charge is 0.463 e. The van der Waals surface area contributed by atoms with E-state index in [9.17, 15) is 4.79 Å². The Morgan fingerprint density at radius 3 is 2.76 bits per heavy atom. The molecule has 0 bridgehead atoms. The summed E-state index contributed by atoms with van der Waals surface area (Å²) < 4.78 is 5.28. The van der Waals surface area contributed by atoms with E-state index < -0.39 is 5.54 Å². The zero-order valence-electron chi connectivity index (χ0n) is 12.3. The molecule has 21 heavy (non-hydrogen) atoms. The van der Waals surface area contributed by atoms with E-state index in [1.54, 1.807) is 38.3 Å². The summed E-state index contributed by atoms with van der Waals surface area (Å²) in [6, 6.07) is 9.14. The van der Waals surface area contributed by atoms with Gasteiger partial charge in [0.15, 0.2) is 5.76 Å². The molecule has 5 nitrogen and oxygen atoms in total. The van der Waals surface area contributed by atoms with Gasteiger partial charge in [-0.3, -0.25) is 4.79 Å². The highest BCUT2D eigenvalue weighted by molar-refractivity contribution is 5.96. The molecule has 2 heterocycles. The average Bonchev–Trinajstić information content (AvgIpc) is 3.01. The van der Waals surface area contributed by atoms with Gasteiger partial charge in [0, 0.05) is 0 Å². The Labute approximate surface area is 123 Å². The maximum absolute atomic E-state index is 12.3. The number of carbonyl (C=O) groups is 1. The van der Waals surface area contributed by atoms with Crippen molar-refractivity contribution >= 4 is 5.91 Å². The summed E-state index contributed by atoms with van der Waals surface area (Å²) >= 11 is 0. The van der Waals surface area contributed by atoms with Gasteiger partial charge in [-0.1, -0.05) is 6.92 Å². The van der Waals surface area contributed by atoms with Gasteiger partial charge in [-0.25, -0.2) is 4.98 Å². The lowest BCUT2D eigenvalue weighted by Gasteiger charge is -2.21. The Hall–Kier alpha value is -2.61. The first-order valence-electron chi connectivity index (χ1n) is 6.74. The van der Waals surface area contributed by atoms with Gasteiger partial charge in [-0.05, 0) is 44.5 Å². The number of amides is 1. The first-order valence-corrected chi connectivity index (χ1v) is 6.74. The van der Waals surface area contributed by atoms with Crippen molar-refractivity contribution in [3.05, 3.63) is 41.8 Å². The number of rotatable bonds is 4. The summed E-state index contributed by atoms with van der Waals surface area (Å²) in [5.74, 6) is 0.359. The minimum absolute atomic E-state index is 0.295. The molecule has 1 atom stereocenters. The quantitative estimate of drug-likeness (QED) is 0.935. The third kappa shape index (κ3) is 3.11. The number of furan rings is 1. The van der Waals surface area contributed by atoms with Gasteiger partial charge in [0.1, 0.15) is 11.2 Å². The summed E-state index contributed by atoms with van der Waals surface area (Å²) in [6.07, 6.45) is 2.11. The van der Waals surface area contributed by atoms with Gasteiger partial charge in [0.25, 0.3) is 5.91 Å². The minimum atomic E-state index is -0.872.